The second kappa shape index (κ2) is 4.87. The van der Waals surface area contributed by atoms with Crippen molar-refractivity contribution in [3.05, 3.63) is 0 Å². The zero-order valence-electron chi connectivity index (χ0n) is 10.8. The summed E-state index contributed by atoms with van der Waals surface area (Å²) in [4.78, 5) is 2.64. The van der Waals surface area contributed by atoms with E-state index in [1.54, 1.807) is 0 Å². The molecule has 3 fully saturated rings. The molecule has 98 valence electrons. The van der Waals surface area contributed by atoms with Crippen LogP contribution in [0.15, 0.2) is 0 Å². The summed E-state index contributed by atoms with van der Waals surface area (Å²) in [5.41, 5.74) is 0. The molecule has 1 N–H and O–H groups in total. The van der Waals surface area contributed by atoms with Crippen molar-refractivity contribution in [3.8, 4) is 0 Å². The van der Waals surface area contributed by atoms with Gasteiger partial charge in [-0.25, -0.2) is 0 Å². The molecule has 0 bridgehead atoms. The Morgan fingerprint density at radius 1 is 1.12 bits per heavy atom. The van der Waals surface area contributed by atoms with Crippen LogP contribution in [0.3, 0.4) is 0 Å². The number of rotatable bonds is 2. The van der Waals surface area contributed by atoms with E-state index in [4.69, 9.17) is 4.74 Å². The smallest absolute Gasteiger partial charge is 0.0586 e. The van der Waals surface area contributed by atoms with Gasteiger partial charge in [0, 0.05) is 32.2 Å². The van der Waals surface area contributed by atoms with Crippen molar-refractivity contribution in [3.63, 3.8) is 0 Å². The standard InChI is InChI=1S/C14H25NO2/c1-17-12-4-2-3-11(7-12)15-8-10-5-6-14(16)13(10)9-15/h10-14,16H,2-9H2,1H3. The summed E-state index contributed by atoms with van der Waals surface area (Å²) < 4.78 is 5.52. The number of likely N-dealkylation sites (tertiary alicyclic amines) is 1. The molecule has 2 saturated carbocycles. The van der Waals surface area contributed by atoms with Crippen LogP contribution in [0.2, 0.25) is 0 Å². The van der Waals surface area contributed by atoms with Crippen LogP contribution in [0.4, 0.5) is 0 Å². The Labute approximate surface area is 104 Å². The lowest BCUT2D eigenvalue weighted by Crippen LogP contribution is -2.40. The maximum atomic E-state index is 9.96. The first kappa shape index (κ1) is 11.9. The van der Waals surface area contributed by atoms with Crippen molar-refractivity contribution in [2.75, 3.05) is 20.2 Å². The van der Waals surface area contributed by atoms with Gasteiger partial charge in [-0.1, -0.05) is 0 Å². The van der Waals surface area contributed by atoms with Crippen molar-refractivity contribution < 1.29 is 9.84 Å². The number of aliphatic hydroxyl groups is 1. The molecule has 0 amide bonds. The van der Waals surface area contributed by atoms with Gasteiger partial charge in [-0.05, 0) is 44.4 Å². The van der Waals surface area contributed by atoms with E-state index >= 15 is 0 Å². The van der Waals surface area contributed by atoms with Gasteiger partial charge in [0.15, 0.2) is 0 Å². The molecule has 2 aliphatic carbocycles. The topological polar surface area (TPSA) is 32.7 Å². The van der Waals surface area contributed by atoms with Crippen molar-refractivity contribution in [1.29, 1.82) is 0 Å². The molecule has 0 aromatic heterocycles. The van der Waals surface area contributed by atoms with Gasteiger partial charge in [0.1, 0.15) is 0 Å². The fourth-order valence-electron chi connectivity index (χ4n) is 4.24. The molecular weight excluding hydrogens is 214 g/mol. The van der Waals surface area contributed by atoms with Crippen LogP contribution >= 0.6 is 0 Å². The Bertz CT molecular complexity index is 271. The Morgan fingerprint density at radius 2 is 2.00 bits per heavy atom. The predicted molar refractivity (Wildman–Crippen MR) is 66.8 cm³/mol. The van der Waals surface area contributed by atoms with E-state index in [-0.39, 0.29) is 6.10 Å². The zero-order valence-corrected chi connectivity index (χ0v) is 10.8. The minimum atomic E-state index is -0.0215. The number of ether oxygens (including phenoxy) is 1. The minimum Gasteiger partial charge on any atom is -0.393 e. The van der Waals surface area contributed by atoms with Gasteiger partial charge in [-0.15, -0.1) is 0 Å². The first-order chi connectivity index (χ1) is 8.28. The highest BCUT2D eigenvalue weighted by Gasteiger charge is 2.44. The van der Waals surface area contributed by atoms with E-state index in [0.717, 1.165) is 18.9 Å². The number of methoxy groups -OCH3 is 1. The number of aliphatic hydroxyl groups excluding tert-OH is 1. The van der Waals surface area contributed by atoms with Gasteiger partial charge in [0.05, 0.1) is 12.2 Å². The number of hydrogen-bond acceptors (Lipinski definition) is 3. The van der Waals surface area contributed by atoms with Crippen molar-refractivity contribution >= 4 is 0 Å². The number of hydrogen-bond donors (Lipinski definition) is 1. The fraction of sp³-hybridized carbons (Fsp3) is 1.00. The lowest BCUT2D eigenvalue weighted by Gasteiger charge is -2.35. The molecule has 1 heterocycles. The van der Waals surface area contributed by atoms with Crippen LogP contribution in [0.25, 0.3) is 0 Å². The highest BCUT2D eigenvalue weighted by atomic mass is 16.5. The summed E-state index contributed by atoms with van der Waals surface area (Å²) >= 11 is 0. The maximum absolute atomic E-state index is 9.96. The Balaban J connectivity index is 1.59. The Kier molecular flexibility index (Phi) is 3.42. The van der Waals surface area contributed by atoms with Crippen LogP contribution in [-0.4, -0.2) is 48.5 Å². The van der Waals surface area contributed by atoms with Crippen molar-refractivity contribution in [2.45, 2.75) is 56.8 Å². The Morgan fingerprint density at radius 3 is 2.76 bits per heavy atom. The summed E-state index contributed by atoms with van der Waals surface area (Å²) in [6.07, 6.45) is 7.79. The lowest BCUT2D eigenvalue weighted by molar-refractivity contribution is 0.0295. The average Bonchev–Trinajstić information content (AvgIpc) is 2.92. The molecule has 1 saturated heterocycles. The molecule has 3 heteroatoms. The van der Waals surface area contributed by atoms with Gasteiger partial charge in [-0.2, -0.15) is 0 Å². The quantitative estimate of drug-likeness (QED) is 0.795. The molecule has 17 heavy (non-hydrogen) atoms. The maximum Gasteiger partial charge on any atom is 0.0586 e. The zero-order chi connectivity index (χ0) is 11.8. The van der Waals surface area contributed by atoms with E-state index in [0.29, 0.717) is 18.1 Å². The summed E-state index contributed by atoms with van der Waals surface area (Å²) in [7, 11) is 1.84. The first-order valence-corrected chi connectivity index (χ1v) is 7.23. The molecule has 5 unspecified atom stereocenters. The second-order valence-corrected chi connectivity index (χ2v) is 6.20. The highest BCUT2D eigenvalue weighted by molar-refractivity contribution is 4.96. The Hall–Kier alpha value is -0.120. The lowest BCUT2D eigenvalue weighted by atomic mass is 9.92. The van der Waals surface area contributed by atoms with Gasteiger partial charge in [-0.3, -0.25) is 4.90 Å². The summed E-state index contributed by atoms with van der Waals surface area (Å²) in [6, 6.07) is 0.714. The van der Waals surface area contributed by atoms with Gasteiger partial charge >= 0.3 is 0 Å². The predicted octanol–water partition coefficient (Wildman–Crippen LogP) is 1.65. The third-order valence-electron chi connectivity index (χ3n) is 5.30. The van der Waals surface area contributed by atoms with Crippen LogP contribution in [0, 0.1) is 11.8 Å². The largest absolute Gasteiger partial charge is 0.393 e. The van der Waals surface area contributed by atoms with E-state index in [9.17, 15) is 5.11 Å². The minimum absolute atomic E-state index is 0.0215. The molecule has 3 aliphatic rings. The summed E-state index contributed by atoms with van der Waals surface area (Å²) in [5.74, 6) is 1.34. The van der Waals surface area contributed by atoms with Crippen molar-refractivity contribution in [2.24, 2.45) is 11.8 Å². The number of fused-ring (bicyclic) bond motifs is 1. The molecule has 0 radical (unpaired) electrons. The first-order valence-electron chi connectivity index (χ1n) is 7.23. The molecule has 3 rings (SSSR count). The molecule has 3 nitrogen and oxygen atoms in total. The summed E-state index contributed by atoms with van der Waals surface area (Å²) in [5, 5.41) is 9.96. The molecule has 0 spiro atoms. The fourth-order valence-corrected chi connectivity index (χ4v) is 4.24. The molecule has 1 aliphatic heterocycles. The molecule has 0 aromatic rings. The average molecular weight is 239 g/mol. The van der Waals surface area contributed by atoms with E-state index in [1.165, 1.54) is 38.6 Å². The van der Waals surface area contributed by atoms with E-state index in [2.05, 4.69) is 4.90 Å². The van der Waals surface area contributed by atoms with Crippen LogP contribution in [0.1, 0.15) is 38.5 Å². The molecule has 0 aromatic carbocycles. The van der Waals surface area contributed by atoms with Crippen LogP contribution in [-0.2, 0) is 4.74 Å². The van der Waals surface area contributed by atoms with Gasteiger partial charge in [0.25, 0.3) is 0 Å². The summed E-state index contributed by atoms with van der Waals surface area (Å²) in [6.45, 7) is 2.36. The van der Waals surface area contributed by atoms with E-state index in [1.807, 2.05) is 7.11 Å². The van der Waals surface area contributed by atoms with E-state index < -0.39 is 0 Å². The number of nitrogens with zero attached hydrogens (tertiary/aromatic N) is 1. The van der Waals surface area contributed by atoms with Crippen LogP contribution in [0.5, 0.6) is 0 Å². The second-order valence-electron chi connectivity index (χ2n) is 6.20. The monoisotopic (exact) mass is 239 g/mol. The van der Waals surface area contributed by atoms with Gasteiger partial charge in [0.2, 0.25) is 0 Å². The highest BCUT2D eigenvalue weighted by Crippen LogP contribution is 2.40. The van der Waals surface area contributed by atoms with Crippen molar-refractivity contribution in [1.82, 2.24) is 4.90 Å². The molecule has 5 atom stereocenters. The third-order valence-corrected chi connectivity index (χ3v) is 5.30. The SMILES string of the molecule is COC1CCCC(N2CC3CCC(O)C3C2)C1. The molecular formula is C14H25NO2. The van der Waals surface area contributed by atoms with Crippen LogP contribution < -0.4 is 0 Å². The normalized spacial score (nSPS) is 47.3. The third kappa shape index (κ3) is 2.25. The van der Waals surface area contributed by atoms with Gasteiger partial charge < -0.3 is 9.84 Å².